The standard InChI is InChI=1S/C14H22N4O2/c1-4-11(3)18-12(8-10(2)16-18)15-13(19)9-17-7-5-6-14(17)20/h8,11H,4-7,9H2,1-3H3,(H,15,19). The van der Waals surface area contributed by atoms with Crippen LogP contribution in [0.4, 0.5) is 5.82 Å². The molecule has 1 unspecified atom stereocenters. The number of aromatic nitrogens is 2. The Kier molecular flexibility index (Phi) is 4.42. The molecule has 1 saturated heterocycles. The van der Waals surface area contributed by atoms with E-state index in [9.17, 15) is 9.59 Å². The van der Waals surface area contributed by atoms with Gasteiger partial charge in [-0.05, 0) is 26.7 Å². The Bertz CT molecular complexity index is 509. The molecule has 2 amide bonds. The number of anilines is 1. The average molecular weight is 278 g/mol. The third-order valence-corrected chi connectivity index (χ3v) is 3.64. The fourth-order valence-corrected chi connectivity index (χ4v) is 2.35. The van der Waals surface area contributed by atoms with Gasteiger partial charge in [0.25, 0.3) is 0 Å². The molecule has 6 heteroatoms. The number of carbonyl (C=O) groups is 2. The van der Waals surface area contributed by atoms with Gasteiger partial charge in [-0.2, -0.15) is 5.10 Å². The Balaban J connectivity index is 2.02. The fraction of sp³-hybridized carbons (Fsp3) is 0.643. The van der Waals surface area contributed by atoms with Crippen LogP contribution in [0.15, 0.2) is 6.07 Å². The van der Waals surface area contributed by atoms with Crippen LogP contribution in [-0.2, 0) is 9.59 Å². The average Bonchev–Trinajstić information content (AvgIpc) is 2.95. The second-order valence-corrected chi connectivity index (χ2v) is 5.34. The lowest BCUT2D eigenvalue weighted by molar-refractivity contribution is -0.131. The Labute approximate surface area is 119 Å². The van der Waals surface area contributed by atoms with E-state index in [0.29, 0.717) is 18.8 Å². The number of rotatable bonds is 5. The number of aryl methyl sites for hydroxylation is 1. The highest BCUT2D eigenvalue weighted by molar-refractivity contribution is 5.94. The summed E-state index contributed by atoms with van der Waals surface area (Å²) >= 11 is 0. The Hall–Kier alpha value is -1.85. The molecule has 1 fully saturated rings. The largest absolute Gasteiger partial charge is 0.333 e. The lowest BCUT2D eigenvalue weighted by Crippen LogP contribution is -2.34. The van der Waals surface area contributed by atoms with Gasteiger partial charge >= 0.3 is 0 Å². The molecule has 0 spiro atoms. The molecule has 6 nitrogen and oxygen atoms in total. The van der Waals surface area contributed by atoms with Crippen molar-refractivity contribution in [1.29, 1.82) is 0 Å². The highest BCUT2D eigenvalue weighted by atomic mass is 16.2. The summed E-state index contributed by atoms with van der Waals surface area (Å²) in [6, 6.07) is 2.09. The molecular weight excluding hydrogens is 256 g/mol. The van der Waals surface area contributed by atoms with Crippen LogP contribution in [0.3, 0.4) is 0 Å². The van der Waals surface area contributed by atoms with Crippen LogP contribution in [0.1, 0.15) is 44.8 Å². The smallest absolute Gasteiger partial charge is 0.245 e. The molecule has 0 saturated carbocycles. The zero-order valence-corrected chi connectivity index (χ0v) is 12.3. The van der Waals surface area contributed by atoms with E-state index in [1.54, 1.807) is 4.90 Å². The fourth-order valence-electron chi connectivity index (χ4n) is 2.35. The summed E-state index contributed by atoms with van der Waals surface area (Å²) in [5.74, 6) is 0.602. The van der Waals surface area contributed by atoms with Gasteiger partial charge in [0.05, 0.1) is 18.3 Å². The maximum Gasteiger partial charge on any atom is 0.245 e. The maximum atomic E-state index is 12.0. The van der Waals surface area contributed by atoms with Crippen LogP contribution in [0.25, 0.3) is 0 Å². The van der Waals surface area contributed by atoms with Crippen LogP contribution in [0.2, 0.25) is 0 Å². The van der Waals surface area contributed by atoms with Gasteiger partial charge in [-0.3, -0.25) is 9.59 Å². The summed E-state index contributed by atoms with van der Waals surface area (Å²) in [5, 5.41) is 7.26. The number of carbonyl (C=O) groups excluding carboxylic acids is 2. The Morgan fingerprint density at radius 1 is 1.55 bits per heavy atom. The highest BCUT2D eigenvalue weighted by Gasteiger charge is 2.23. The molecule has 2 rings (SSSR count). The third-order valence-electron chi connectivity index (χ3n) is 3.64. The molecule has 20 heavy (non-hydrogen) atoms. The van der Waals surface area contributed by atoms with Crippen molar-refractivity contribution in [2.75, 3.05) is 18.4 Å². The number of nitrogens with one attached hydrogen (secondary N) is 1. The molecule has 0 aromatic carbocycles. The minimum Gasteiger partial charge on any atom is -0.333 e. The van der Waals surface area contributed by atoms with Gasteiger partial charge in [0.1, 0.15) is 5.82 Å². The molecule has 1 aromatic heterocycles. The van der Waals surface area contributed by atoms with Crippen molar-refractivity contribution in [2.45, 2.75) is 46.1 Å². The number of hydrogen-bond donors (Lipinski definition) is 1. The monoisotopic (exact) mass is 278 g/mol. The summed E-state index contributed by atoms with van der Waals surface area (Å²) < 4.78 is 1.83. The van der Waals surface area contributed by atoms with E-state index in [0.717, 1.165) is 18.5 Å². The minimum atomic E-state index is -0.162. The first-order chi connectivity index (χ1) is 9.51. The molecule has 2 heterocycles. The van der Waals surface area contributed by atoms with Gasteiger partial charge in [0.2, 0.25) is 11.8 Å². The zero-order valence-electron chi connectivity index (χ0n) is 12.3. The van der Waals surface area contributed by atoms with E-state index in [-0.39, 0.29) is 24.4 Å². The van der Waals surface area contributed by atoms with Gasteiger partial charge < -0.3 is 10.2 Å². The topological polar surface area (TPSA) is 67.2 Å². The molecule has 1 N–H and O–H groups in total. The normalized spacial score (nSPS) is 16.6. The molecule has 1 aromatic rings. The third kappa shape index (κ3) is 3.18. The van der Waals surface area contributed by atoms with Crippen molar-refractivity contribution in [1.82, 2.24) is 14.7 Å². The molecule has 0 bridgehead atoms. The first-order valence-electron chi connectivity index (χ1n) is 7.15. The van der Waals surface area contributed by atoms with Crippen molar-refractivity contribution in [3.8, 4) is 0 Å². The number of likely N-dealkylation sites (tertiary alicyclic amines) is 1. The van der Waals surface area contributed by atoms with Crippen LogP contribution >= 0.6 is 0 Å². The summed E-state index contributed by atoms with van der Waals surface area (Å²) in [5.41, 5.74) is 0.873. The van der Waals surface area contributed by atoms with Gasteiger partial charge in [0, 0.05) is 19.0 Å². The lowest BCUT2D eigenvalue weighted by Gasteiger charge is -2.17. The summed E-state index contributed by atoms with van der Waals surface area (Å²) in [7, 11) is 0. The quantitative estimate of drug-likeness (QED) is 0.891. The number of amides is 2. The van der Waals surface area contributed by atoms with Crippen LogP contribution in [0, 0.1) is 6.92 Å². The van der Waals surface area contributed by atoms with Gasteiger partial charge in [-0.25, -0.2) is 4.68 Å². The number of nitrogens with zero attached hydrogens (tertiary/aromatic N) is 3. The van der Waals surface area contributed by atoms with Gasteiger partial charge in [0.15, 0.2) is 0 Å². The molecule has 1 atom stereocenters. The van der Waals surface area contributed by atoms with E-state index in [1.807, 2.05) is 17.7 Å². The summed E-state index contributed by atoms with van der Waals surface area (Å²) in [6.45, 7) is 6.85. The van der Waals surface area contributed by atoms with E-state index < -0.39 is 0 Å². The minimum absolute atomic E-state index is 0.0618. The lowest BCUT2D eigenvalue weighted by atomic mass is 10.3. The SMILES string of the molecule is CCC(C)n1nc(C)cc1NC(=O)CN1CCCC1=O. The van der Waals surface area contributed by atoms with Crippen LogP contribution in [0.5, 0.6) is 0 Å². The van der Waals surface area contributed by atoms with E-state index in [4.69, 9.17) is 0 Å². The molecule has 0 radical (unpaired) electrons. The Morgan fingerprint density at radius 2 is 2.30 bits per heavy atom. The van der Waals surface area contributed by atoms with E-state index >= 15 is 0 Å². The van der Waals surface area contributed by atoms with Gasteiger partial charge in [-0.15, -0.1) is 0 Å². The van der Waals surface area contributed by atoms with Crippen molar-refractivity contribution in [3.63, 3.8) is 0 Å². The summed E-state index contributed by atoms with van der Waals surface area (Å²) in [4.78, 5) is 25.2. The van der Waals surface area contributed by atoms with E-state index in [2.05, 4.69) is 24.3 Å². The van der Waals surface area contributed by atoms with Crippen molar-refractivity contribution >= 4 is 17.6 Å². The number of hydrogen-bond acceptors (Lipinski definition) is 3. The molecule has 110 valence electrons. The first-order valence-corrected chi connectivity index (χ1v) is 7.15. The van der Waals surface area contributed by atoms with Crippen molar-refractivity contribution in [3.05, 3.63) is 11.8 Å². The summed E-state index contributed by atoms with van der Waals surface area (Å²) in [6.07, 6.45) is 2.34. The van der Waals surface area contributed by atoms with Crippen LogP contribution < -0.4 is 5.32 Å². The molecular formula is C14H22N4O2. The van der Waals surface area contributed by atoms with Crippen molar-refractivity contribution in [2.24, 2.45) is 0 Å². The molecule has 1 aliphatic heterocycles. The molecule has 0 aliphatic carbocycles. The maximum absolute atomic E-state index is 12.0. The second kappa shape index (κ2) is 6.07. The Morgan fingerprint density at radius 3 is 2.90 bits per heavy atom. The first kappa shape index (κ1) is 14.6. The predicted octanol–water partition coefficient (Wildman–Crippen LogP) is 1.72. The highest BCUT2D eigenvalue weighted by Crippen LogP contribution is 2.19. The van der Waals surface area contributed by atoms with Crippen molar-refractivity contribution < 1.29 is 9.59 Å². The second-order valence-electron chi connectivity index (χ2n) is 5.34. The van der Waals surface area contributed by atoms with Crippen LogP contribution in [-0.4, -0.2) is 39.6 Å². The molecule has 1 aliphatic rings. The van der Waals surface area contributed by atoms with E-state index in [1.165, 1.54) is 0 Å². The predicted molar refractivity (Wildman–Crippen MR) is 76.4 cm³/mol. The zero-order chi connectivity index (χ0) is 14.7. The van der Waals surface area contributed by atoms with Gasteiger partial charge in [-0.1, -0.05) is 6.92 Å².